The Bertz CT molecular complexity index is 640. The van der Waals surface area contributed by atoms with E-state index in [4.69, 9.17) is 5.26 Å². The van der Waals surface area contributed by atoms with Crippen LogP contribution in [0.2, 0.25) is 0 Å². The van der Waals surface area contributed by atoms with E-state index in [9.17, 15) is 10.1 Å². The number of benzene rings is 1. The number of carbonyl (C=O) groups is 1. The topological polar surface area (TPSA) is 74.4 Å². The largest absolute Gasteiger partial charge is 0.343 e. The normalized spacial score (nSPS) is 17.9. The van der Waals surface area contributed by atoms with Gasteiger partial charge >= 0.3 is 0 Å². The number of nitriles is 2. The van der Waals surface area contributed by atoms with Crippen molar-refractivity contribution in [3.63, 3.8) is 0 Å². The van der Waals surface area contributed by atoms with Gasteiger partial charge in [0.2, 0.25) is 5.91 Å². The molecule has 0 N–H and O–H groups in total. The molecule has 1 heterocycles. The van der Waals surface area contributed by atoms with Crippen molar-refractivity contribution in [3.8, 4) is 12.1 Å². The van der Waals surface area contributed by atoms with Gasteiger partial charge in [-0.1, -0.05) is 30.3 Å². The van der Waals surface area contributed by atoms with Crippen LogP contribution in [0.4, 0.5) is 0 Å². The lowest BCUT2D eigenvalue weighted by Gasteiger charge is -2.40. The van der Waals surface area contributed by atoms with Crippen molar-refractivity contribution in [2.45, 2.75) is 25.4 Å². The van der Waals surface area contributed by atoms with Crippen molar-refractivity contribution in [2.75, 3.05) is 39.8 Å². The van der Waals surface area contributed by atoms with Crippen LogP contribution in [-0.2, 0) is 4.79 Å². The third-order valence-electron chi connectivity index (χ3n) is 4.79. The van der Waals surface area contributed by atoms with Gasteiger partial charge in [-0.05, 0) is 12.5 Å². The smallest absolute Gasteiger partial charge is 0.239 e. The van der Waals surface area contributed by atoms with Crippen molar-refractivity contribution in [2.24, 2.45) is 0 Å². The Morgan fingerprint density at radius 3 is 2.32 bits per heavy atom. The van der Waals surface area contributed by atoms with Gasteiger partial charge in [0.1, 0.15) is 6.04 Å². The molecule has 1 aromatic rings. The fraction of sp³-hybridized carbons (Fsp3) is 0.526. The van der Waals surface area contributed by atoms with E-state index >= 15 is 0 Å². The molecule has 0 aliphatic carbocycles. The second-order valence-electron chi connectivity index (χ2n) is 6.36. The summed E-state index contributed by atoms with van der Waals surface area (Å²) in [5, 5.41) is 18.2. The minimum absolute atomic E-state index is 0.0450. The molecule has 0 aromatic heterocycles. The van der Waals surface area contributed by atoms with Gasteiger partial charge in [0.15, 0.2) is 0 Å². The zero-order valence-corrected chi connectivity index (χ0v) is 14.9. The fourth-order valence-electron chi connectivity index (χ4n) is 3.19. The van der Waals surface area contributed by atoms with Gasteiger partial charge < -0.3 is 4.90 Å². The Hall–Kier alpha value is -2.41. The van der Waals surface area contributed by atoms with Crippen LogP contribution in [0.5, 0.6) is 0 Å². The average molecular weight is 339 g/mol. The summed E-state index contributed by atoms with van der Waals surface area (Å²) in [6.07, 6.45) is 0.351. The Kier molecular flexibility index (Phi) is 6.94. The maximum absolute atomic E-state index is 12.5. The molecule has 2 unspecified atom stereocenters. The summed E-state index contributed by atoms with van der Waals surface area (Å²) in [6.45, 7) is 5.40. The van der Waals surface area contributed by atoms with E-state index in [0.29, 0.717) is 13.0 Å². The van der Waals surface area contributed by atoms with Crippen LogP contribution in [0.1, 0.15) is 24.9 Å². The molecule has 1 aliphatic rings. The van der Waals surface area contributed by atoms with Crippen LogP contribution >= 0.6 is 0 Å². The molecule has 0 saturated carbocycles. The summed E-state index contributed by atoms with van der Waals surface area (Å²) >= 11 is 0. The zero-order chi connectivity index (χ0) is 18.2. The van der Waals surface area contributed by atoms with E-state index in [2.05, 4.69) is 21.9 Å². The average Bonchev–Trinajstić information content (AvgIpc) is 2.67. The molecule has 0 spiro atoms. The zero-order valence-electron chi connectivity index (χ0n) is 14.9. The molecular formula is C19H25N5O. The Morgan fingerprint density at radius 2 is 1.76 bits per heavy atom. The third kappa shape index (κ3) is 4.79. The minimum atomic E-state index is -0.243. The van der Waals surface area contributed by atoms with E-state index < -0.39 is 0 Å². The lowest BCUT2D eigenvalue weighted by Crippen LogP contribution is -2.54. The number of amides is 1. The first-order chi connectivity index (χ1) is 12.1. The first-order valence-electron chi connectivity index (χ1n) is 8.63. The molecule has 2 rings (SSSR count). The SMILES string of the molecule is CC(C(=O)N(C)CCC#N)N1CCN(C(C#N)c2ccccc2)CC1. The minimum Gasteiger partial charge on any atom is -0.343 e. The van der Waals surface area contributed by atoms with Gasteiger partial charge in [0, 0.05) is 39.8 Å². The lowest BCUT2D eigenvalue weighted by atomic mass is 10.1. The summed E-state index contributed by atoms with van der Waals surface area (Å²) in [4.78, 5) is 18.4. The molecule has 1 amide bonds. The quantitative estimate of drug-likeness (QED) is 0.787. The highest BCUT2D eigenvalue weighted by Crippen LogP contribution is 2.22. The summed E-state index contributed by atoms with van der Waals surface area (Å²) in [6, 6.07) is 13.8. The van der Waals surface area contributed by atoms with Crippen molar-refractivity contribution in [1.82, 2.24) is 14.7 Å². The van der Waals surface area contributed by atoms with Crippen LogP contribution in [0.3, 0.4) is 0 Å². The van der Waals surface area contributed by atoms with Gasteiger partial charge in [-0.25, -0.2) is 0 Å². The highest BCUT2D eigenvalue weighted by molar-refractivity contribution is 5.81. The summed E-state index contributed by atoms with van der Waals surface area (Å²) in [5.74, 6) is 0.0450. The number of carbonyl (C=O) groups excluding carboxylic acids is 1. The van der Waals surface area contributed by atoms with Gasteiger partial charge in [0.05, 0.1) is 24.6 Å². The summed E-state index contributed by atoms with van der Waals surface area (Å²) < 4.78 is 0. The van der Waals surface area contributed by atoms with E-state index in [1.54, 1.807) is 11.9 Å². The van der Waals surface area contributed by atoms with Gasteiger partial charge in [-0.3, -0.25) is 14.6 Å². The van der Waals surface area contributed by atoms with E-state index in [0.717, 1.165) is 31.7 Å². The molecule has 0 bridgehead atoms. The highest BCUT2D eigenvalue weighted by Gasteiger charge is 2.30. The van der Waals surface area contributed by atoms with Crippen LogP contribution < -0.4 is 0 Å². The standard InChI is InChI=1S/C19H25N5O/c1-16(19(25)22(2)10-6-9-20)23-11-13-24(14-12-23)18(15-21)17-7-4-3-5-8-17/h3-5,7-8,16,18H,6,10-14H2,1-2H3. The van der Waals surface area contributed by atoms with Crippen molar-refractivity contribution in [1.29, 1.82) is 10.5 Å². The van der Waals surface area contributed by atoms with E-state index in [1.165, 1.54) is 0 Å². The molecule has 6 heteroatoms. The van der Waals surface area contributed by atoms with Gasteiger partial charge in [-0.15, -0.1) is 0 Å². The Morgan fingerprint density at radius 1 is 1.16 bits per heavy atom. The Labute approximate surface area is 149 Å². The highest BCUT2D eigenvalue weighted by atomic mass is 16.2. The van der Waals surface area contributed by atoms with Gasteiger partial charge in [-0.2, -0.15) is 10.5 Å². The van der Waals surface area contributed by atoms with Crippen LogP contribution in [0.15, 0.2) is 30.3 Å². The predicted molar refractivity (Wildman–Crippen MR) is 95.3 cm³/mol. The lowest BCUT2D eigenvalue weighted by molar-refractivity contribution is -0.135. The maximum Gasteiger partial charge on any atom is 0.239 e. The monoisotopic (exact) mass is 339 g/mol. The molecule has 1 fully saturated rings. The molecule has 25 heavy (non-hydrogen) atoms. The van der Waals surface area contributed by atoms with E-state index in [-0.39, 0.29) is 18.0 Å². The number of hydrogen-bond acceptors (Lipinski definition) is 5. The first kappa shape index (κ1) is 18.9. The Balaban J connectivity index is 1.91. The molecule has 2 atom stereocenters. The molecule has 0 radical (unpaired) electrons. The van der Waals surface area contributed by atoms with Crippen LogP contribution in [-0.4, -0.2) is 66.4 Å². The second kappa shape index (κ2) is 9.17. The molecule has 6 nitrogen and oxygen atoms in total. The van der Waals surface area contributed by atoms with Crippen molar-refractivity contribution >= 4 is 5.91 Å². The summed E-state index contributed by atoms with van der Waals surface area (Å²) in [7, 11) is 1.74. The van der Waals surface area contributed by atoms with E-state index in [1.807, 2.05) is 37.3 Å². The van der Waals surface area contributed by atoms with Crippen molar-refractivity contribution in [3.05, 3.63) is 35.9 Å². The van der Waals surface area contributed by atoms with Crippen LogP contribution in [0, 0.1) is 22.7 Å². The van der Waals surface area contributed by atoms with Crippen molar-refractivity contribution < 1.29 is 4.79 Å². The fourth-order valence-corrected chi connectivity index (χ4v) is 3.19. The summed E-state index contributed by atoms with van der Waals surface area (Å²) in [5.41, 5.74) is 1.01. The second-order valence-corrected chi connectivity index (χ2v) is 6.36. The first-order valence-corrected chi connectivity index (χ1v) is 8.63. The maximum atomic E-state index is 12.5. The third-order valence-corrected chi connectivity index (χ3v) is 4.79. The molecule has 1 saturated heterocycles. The molecule has 132 valence electrons. The number of rotatable bonds is 6. The van der Waals surface area contributed by atoms with Crippen LogP contribution in [0.25, 0.3) is 0 Å². The van der Waals surface area contributed by atoms with Gasteiger partial charge in [0.25, 0.3) is 0 Å². The number of likely N-dealkylation sites (N-methyl/N-ethyl adjacent to an activating group) is 1. The molecule has 1 aliphatic heterocycles. The number of piperazine rings is 1. The molecule has 1 aromatic carbocycles. The molecular weight excluding hydrogens is 314 g/mol. The number of nitrogens with zero attached hydrogens (tertiary/aromatic N) is 5. The number of hydrogen-bond donors (Lipinski definition) is 0. The predicted octanol–water partition coefficient (Wildman–Crippen LogP) is 1.63.